The molecule has 6 heteroatoms. The molecule has 0 radical (unpaired) electrons. The van der Waals surface area contributed by atoms with Gasteiger partial charge in [-0.1, -0.05) is 34.1 Å². The van der Waals surface area contributed by atoms with Crippen molar-refractivity contribution in [1.29, 1.82) is 0 Å². The van der Waals surface area contributed by atoms with Gasteiger partial charge in [-0.3, -0.25) is 14.7 Å². The number of benzene rings is 2. The van der Waals surface area contributed by atoms with E-state index in [1.54, 1.807) is 7.11 Å². The van der Waals surface area contributed by atoms with Crippen LogP contribution in [0.1, 0.15) is 30.0 Å². The molecule has 5 nitrogen and oxygen atoms in total. The van der Waals surface area contributed by atoms with Crippen LogP contribution in [-0.4, -0.2) is 41.2 Å². The average Bonchev–Trinajstić information content (AvgIpc) is 2.74. The highest BCUT2D eigenvalue weighted by Crippen LogP contribution is 2.39. The summed E-state index contributed by atoms with van der Waals surface area (Å²) in [7, 11) is 1.67. The Morgan fingerprint density at radius 1 is 1.28 bits per heavy atom. The first-order valence-corrected chi connectivity index (χ1v) is 10.5. The molecule has 1 aliphatic heterocycles. The molecule has 3 aromatic rings. The van der Waals surface area contributed by atoms with Gasteiger partial charge in [-0.25, -0.2) is 0 Å². The van der Waals surface area contributed by atoms with E-state index in [2.05, 4.69) is 44.0 Å². The summed E-state index contributed by atoms with van der Waals surface area (Å²) in [6, 6.07) is 16.0. The molecule has 1 fully saturated rings. The lowest BCUT2D eigenvalue weighted by Crippen LogP contribution is -2.41. The molecule has 1 saturated heterocycles. The Morgan fingerprint density at radius 2 is 2.10 bits per heavy atom. The average molecular weight is 455 g/mol. The van der Waals surface area contributed by atoms with Crippen molar-refractivity contribution in [3.63, 3.8) is 0 Å². The van der Waals surface area contributed by atoms with Gasteiger partial charge in [0.15, 0.2) is 0 Å². The van der Waals surface area contributed by atoms with Gasteiger partial charge in [-0.15, -0.1) is 0 Å². The molecule has 2 aromatic carbocycles. The number of pyridine rings is 1. The van der Waals surface area contributed by atoms with E-state index < -0.39 is 5.97 Å². The molecule has 0 aliphatic carbocycles. The zero-order chi connectivity index (χ0) is 20.4. The zero-order valence-electron chi connectivity index (χ0n) is 16.2. The van der Waals surface area contributed by atoms with Crippen LogP contribution < -0.4 is 4.74 Å². The molecule has 2 atom stereocenters. The molecule has 29 heavy (non-hydrogen) atoms. The number of rotatable bonds is 5. The Balaban J connectivity index is 1.84. The van der Waals surface area contributed by atoms with Gasteiger partial charge in [0.05, 0.1) is 24.6 Å². The number of fused-ring (bicyclic) bond motifs is 1. The third-order valence-corrected chi connectivity index (χ3v) is 6.07. The van der Waals surface area contributed by atoms with Crippen LogP contribution >= 0.6 is 15.9 Å². The Hall–Kier alpha value is -2.44. The standard InChI is InChI=1S/C23H23BrN2O3/c1-29-21-9-8-18(24)12-19(21)22(26-10-4-6-16(14-26)23(27)28)17-11-15-5-2-3-7-20(15)25-13-17/h2-3,5,7-9,11-13,16,22H,4,6,10,14H2,1H3,(H,27,28). The van der Waals surface area contributed by atoms with Gasteiger partial charge in [0.2, 0.25) is 0 Å². The lowest BCUT2D eigenvalue weighted by molar-refractivity contribution is -0.143. The van der Waals surface area contributed by atoms with E-state index in [4.69, 9.17) is 4.74 Å². The lowest BCUT2D eigenvalue weighted by Gasteiger charge is -2.38. The zero-order valence-corrected chi connectivity index (χ0v) is 17.8. The second kappa shape index (κ2) is 8.51. The quantitative estimate of drug-likeness (QED) is 0.594. The molecule has 0 amide bonds. The van der Waals surface area contributed by atoms with E-state index in [-0.39, 0.29) is 12.0 Å². The third kappa shape index (κ3) is 4.14. The number of methoxy groups -OCH3 is 1. The summed E-state index contributed by atoms with van der Waals surface area (Å²) in [4.78, 5) is 18.6. The first kappa shape index (κ1) is 19.9. The molecule has 2 heterocycles. The second-order valence-corrected chi connectivity index (χ2v) is 8.34. The molecule has 0 bridgehead atoms. The Kier molecular flexibility index (Phi) is 5.83. The van der Waals surface area contributed by atoms with E-state index in [9.17, 15) is 9.90 Å². The number of carboxylic acids is 1. The van der Waals surface area contributed by atoms with Gasteiger partial charge in [0.25, 0.3) is 0 Å². The summed E-state index contributed by atoms with van der Waals surface area (Å²) < 4.78 is 6.63. The number of hydrogen-bond donors (Lipinski definition) is 1. The summed E-state index contributed by atoms with van der Waals surface area (Å²) in [5.41, 5.74) is 2.98. The van der Waals surface area contributed by atoms with E-state index >= 15 is 0 Å². The van der Waals surface area contributed by atoms with Gasteiger partial charge in [0.1, 0.15) is 5.75 Å². The second-order valence-electron chi connectivity index (χ2n) is 7.42. The van der Waals surface area contributed by atoms with Gasteiger partial charge in [-0.2, -0.15) is 0 Å². The van der Waals surface area contributed by atoms with Crippen LogP contribution in [0.15, 0.2) is 59.2 Å². The summed E-state index contributed by atoms with van der Waals surface area (Å²) >= 11 is 3.58. The molecule has 0 saturated carbocycles. The highest BCUT2D eigenvalue weighted by molar-refractivity contribution is 9.10. The number of aliphatic carboxylic acids is 1. The van der Waals surface area contributed by atoms with Crippen molar-refractivity contribution in [2.45, 2.75) is 18.9 Å². The van der Waals surface area contributed by atoms with Crippen LogP contribution in [0.2, 0.25) is 0 Å². The Morgan fingerprint density at radius 3 is 2.90 bits per heavy atom. The monoisotopic (exact) mass is 454 g/mol. The molecule has 1 N–H and O–H groups in total. The minimum absolute atomic E-state index is 0.137. The number of likely N-dealkylation sites (tertiary alicyclic amines) is 1. The smallest absolute Gasteiger partial charge is 0.307 e. The van der Waals surface area contributed by atoms with Gasteiger partial charge in [0, 0.05) is 28.2 Å². The number of aromatic nitrogens is 1. The van der Waals surface area contributed by atoms with Crippen LogP contribution in [0.5, 0.6) is 5.75 Å². The van der Waals surface area contributed by atoms with Crippen molar-refractivity contribution < 1.29 is 14.6 Å². The molecule has 4 rings (SSSR count). The van der Waals surface area contributed by atoms with Gasteiger partial charge < -0.3 is 9.84 Å². The van der Waals surface area contributed by atoms with Crippen molar-refractivity contribution in [2.24, 2.45) is 5.92 Å². The van der Waals surface area contributed by atoms with E-state index in [0.29, 0.717) is 13.0 Å². The molecule has 1 aliphatic rings. The highest BCUT2D eigenvalue weighted by Gasteiger charge is 2.33. The number of halogens is 1. The largest absolute Gasteiger partial charge is 0.496 e. The van der Waals surface area contributed by atoms with Crippen molar-refractivity contribution in [3.05, 3.63) is 70.3 Å². The summed E-state index contributed by atoms with van der Waals surface area (Å²) in [6.45, 7) is 1.33. The highest BCUT2D eigenvalue weighted by atomic mass is 79.9. The molecule has 0 spiro atoms. The number of ether oxygens (including phenoxy) is 1. The fourth-order valence-electron chi connectivity index (χ4n) is 4.19. The first-order valence-electron chi connectivity index (χ1n) is 9.72. The minimum Gasteiger partial charge on any atom is -0.496 e. The molecular formula is C23H23BrN2O3. The maximum absolute atomic E-state index is 11.7. The Labute approximate surface area is 178 Å². The molecule has 1 aromatic heterocycles. The van der Waals surface area contributed by atoms with Crippen LogP contribution in [0.3, 0.4) is 0 Å². The van der Waals surface area contributed by atoms with Crippen LogP contribution in [0, 0.1) is 5.92 Å². The topological polar surface area (TPSA) is 62.7 Å². The van der Waals surface area contributed by atoms with E-state index in [1.807, 2.05) is 36.5 Å². The van der Waals surface area contributed by atoms with E-state index in [1.165, 1.54) is 0 Å². The van der Waals surface area contributed by atoms with Crippen molar-refractivity contribution in [2.75, 3.05) is 20.2 Å². The predicted molar refractivity (Wildman–Crippen MR) is 116 cm³/mol. The maximum atomic E-state index is 11.7. The fraction of sp³-hybridized carbons (Fsp3) is 0.304. The Bertz CT molecular complexity index is 1040. The predicted octanol–water partition coefficient (Wildman–Crippen LogP) is 4.89. The summed E-state index contributed by atoms with van der Waals surface area (Å²) in [5.74, 6) is -0.312. The number of carbonyl (C=O) groups is 1. The summed E-state index contributed by atoms with van der Waals surface area (Å²) in [6.07, 6.45) is 3.46. The normalized spacial score (nSPS) is 18.5. The first-order chi connectivity index (χ1) is 14.1. The van der Waals surface area contributed by atoms with Crippen molar-refractivity contribution >= 4 is 32.8 Å². The number of piperidine rings is 1. The molecule has 2 unspecified atom stereocenters. The van der Waals surface area contributed by atoms with Crippen molar-refractivity contribution in [1.82, 2.24) is 9.88 Å². The fourth-order valence-corrected chi connectivity index (χ4v) is 4.56. The van der Waals surface area contributed by atoms with Gasteiger partial charge in [-0.05, 0) is 55.3 Å². The van der Waals surface area contributed by atoms with E-state index in [0.717, 1.165) is 45.2 Å². The number of carboxylic acid groups (broad SMARTS) is 1. The number of hydrogen-bond acceptors (Lipinski definition) is 4. The minimum atomic E-state index is -0.730. The SMILES string of the molecule is COc1ccc(Br)cc1C(c1cnc2ccccc2c1)N1CCCC(C(=O)O)C1. The number of nitrogens with zero attached hydrogens (tertiary/aromatic N) is 2. The maximum Gasteiger partial charge on any atom is 0.307 e. The summed E-state index contributed by atoms with van der Waals surface area (Å²) in [5, 5.41) is 10.7. The molecular weight excluding hydrogens is 432 g/mol. The van der Waals surface area contributed by atoms with Crippen molar-refractivity contribution in [3.8, 4) is 5.75 Å². The lowest BCUT2D eigenvalue weighted by atomic mass is 9.91. The van der Waals surface area contributed by atoms with Crippen LogP contribution in [0.4, 0.5) is 0 Å². The van der Waals surface area contributed by atoms with Gasteiger partial charge >= 0.3 is 5.97 Å². The third-order valence-electron chi connectivity index (χ3n) is 5.58. The number of para-hydroxylation sites is 1. The van der Waals surface area contributed by atoms with Crippen LogP contribution in [-0.2, 0) is 4.79 Å². The van der Waals surface area contributed by atoms with Crippen LogP contribution in [0.25, 0.3) is 10.9 Å². The molecule has 150 valence electrons.